The molecule has 1 unspecified atom stereocenters. The molecular weight excluding hydrogens is 451 g/mol. The summed E-state index contributed by atoms with van der Waals surface area (Å²) in [5, 5.41) is 19.7. The fraction of sp³-hybridized carbons (Fsp3) is 0.269. The maximum atomic E-state index is 13.7. The number of hydrogen-bond donors (Lipinski definition) is 1. The largest absolute Gasteiger partial charge is 0.494 e. The highest BCUT2D eigenvalue weighted by atomic mass is 19.1. The van der Waals surface area contributed by atoms with Crippen LogP contribution in [0.25, 0.3) is 33.7 Å². The molecule has 0 radical (unpaired) electrons. The van der Waals surface area contributed by atoms with Gasteiger partial charge in [-0.15, -0.1) is 0 Å². The van der Waals surface area contributed by atoms with Gasteiger partial charge in [-0.1, -0.05) is 6.07 Å². The molecule has 0 spiro atoms. The molecule has 4 heterocycles. The molecular formula is C26H23FN4O4. The molecule has 1 aliphatic heterocycles. The summed E-state index contributed by atoms with van der Waals surface area (Å²) in [7, 11) is 2.90. The van der Waals surface area contributed by atoms with Gasteiger partial charge in [0.2, 0.25) is 0 Å². The molecule has 35 heavy (non-hydrogen) atoms. The number of rotatable bonds is 6. The van der Waals surface area contributed by atoms with Crippen LogP contribution >= 0.6 is 0 Å². The summed E-state index contributed by atoms with van der Waals surface area (Å²) in [4.78, 5) is 10.7. The maximum Gasteiger partial charge on any atom is 0.182 e. The summed E-state index contributed by atoms with van der Waals surface area (Å²) >= 11 is 0. The van der Waals surface area contributed by atoms with Crippen molar-refractivity contribution in [2.75, 3.05) is 32.2 Å². The Kier molecular flexibility index (Phi) is 6.07. The minimum atomic E-state index is -1.12. The average Bonchev–Trinajstić information content (AvgIpc) is 3.53. The quantitative estimate of drug-likeness (QED) is 0.404. The molecule has 1 N–H and O–H groups in total. The predicted octanol–water partition coefficient (Wildman–Crippen LogP) is 4.62. The van der Waals surface area contributed by atoms with E-state index < -0.39 is 12.5 Å². The Morgan fingerprint density at radius 2 is 2.09 bits per heavy atom. The molecule has 0 amide bonds. The number of alkyl halides is 1. The Morgan fingerprint density at radius 1 is 1.23 bits per heavy atom. The number of nitrogens with zero attached hydrogens (tertiary/aromatic N) is 4. The maximum absolute atomic E-state index is 13.7. The summed E-state index contributed by atoms with van der Waals surface area (Å²) in [6, 6.07) is 13.0. The van der Waals surface area contributed by atoms with Gasteiger partial charge in [0.05, 0.1) is 18.4 Å². The molecule has 178 valence electrons. The van der Waals surface area contributed by atoms with Gasteiger partial charge in [-0.25, -0.2) is 9.37 Å². The molecule has 1 fully saturated rings. The number of anilines is 1. The smallest absolute Gasteiger partial charge is 0.182 e. The van der Waals surface area contributed by atoms with Crippen LogP contribution in [0, 0.1) is 11.3 Å². The summed E-state index contributed by atoms with van der Waals surface area (Å²) in [5.74, 6) is 0.852. The number of methoxy groups -OCH3 is 2. The van der Waals surface area contributed by atoms with Crippen molar-refractivity contribution in [3.8, 4) is 34.4 Å². The highest BCUT2D eigenvalue weighted by Crippen LogP contribution is 2.38. The molecule has 9 heteroatoms. The van der Waals surface area contributed by atoms with Crippen molar-refractivity contribution in [2.45, 2.75) is 18.9 Å². The first kappa shape index (κ1) is 22.8. The number of benzene rings is 1. The molecule has 1 aromatic carbocycles. The van der Waals surface area contributed by atoms with Crippen LogP contribution in [0.1, 0.15) is 23.8 Å². The minimum Gasteiger partial charge on any atom is -0.494 e. The topological polar surface area (TPSA) is 105 Å². The number of fused-ring (bicyclic) bond motifs is 1. The van der Waals surface area contributed by atoms with Crippen LogP contribution in [-0.4, -0.2) is 48.6 Å². The second-order valence-electron chi connectivity index (χ2n) is 8.27. The van der Waals surface area contributed by atoms with Crippen LogP contribution in [0.2, 0.25) is 0 Å². The third-order valence-electron chi connectivity index (χ3n) is 6.15. The Morgan fingerprint density at radius 3 is 2.80 bits per heavy atom. The van der Waals surface area contributed by atoms with Gasteiger partial charge in [-0.3, -0.25) is 4.98 Å². The SMILES string of the molecule is COc1cc(C(O)OC)cnc1-c1cc2nccc(-c3ccc(N4CC[C@@H](F)C4)c(C#N)c3)c2o1. The zero-order valence-electron chi connectivity index (χ0n) is 19.2. The first-order valence-corrected chi connectivity index (χ1v) is 11.1. The van der Waals surface area contributed by atoms with E-state index in [4.69, 9.17) is 13.9 Å². The number of nitriles is 1. The van der Waals surface area contributed by atoms with E-state index in [2.05, 4.69) is 16.0 Å². The average molecular weight is 474 g/mol. The molecule has 1 saturated heterocycles. The molecule has 3 aromatic heterocycles. The normalized spacial score (nSPS) is 16.4. The van der Waals surface area contributed by atoms with E-state index >= 15 is 0 Å². The molecule has 8 nitrogen and oxygen atoms in total. The molecule has 4 aromatic rings. The monoisotopic (exact) mass is 474 g/mol. The number of furan rings is 1. The number of aliphatic hydroxyl groups is 1. The molecule has 2 atom stereocenters. The van der Waals surface area contributed by atoms with E-state index in [1.165, 1.54) is 20.4 Å². The predicted molar refractivity (Wildman–Crippen MR) is 128 cm³/mol. The van der Waals surface area contributed by atoms with Gasteiger partial charge < -0.3 is 23.9 Å². The minimum absolute atomic E-state index is 0.296. The number of aromatic nitrogens is 2. The summed E-state index contributed by atoms with van der Waals surface area (Å²) in [6.07, 6.45) is 1.64. The molecule has 5 rings (SSSR count). The zero-order valence-corrected chi connectivity index (χ0v) is 19.2. The third-order valence-corrected chi connectivity index (χ3v) is 6.15. The van der Waals surface area contributed by atoms with E-state index in [9.17, 15) is 14.8 Å². The lowest BCUT2D eigenvalue weighted by Gasteiger charge is -2.19. The summed E-state index contributed by atoms with van der Waals surface area (Å²) in [5.41, 5.74) is 4.81. The summed E-state index contributed by atoms with van der Waals surface area (Å²) in [6.45, 7) is 0.884. The van der Waals surface area contributed by atoms with Crippen LogP contribution in [0.15, 0.2) is 53.2 Å². The standard InChI is InChI=1S/C26H23FN4O4/c1-33-22-10-17(26(32)34-2)13-30-24(22)23-11-20-25(35-23)19(5-7-29-20)15-3-4-21(16(9-15)12-28)31-8-6-18(27)14-31/h3-5,7,9-11,13,18,26,32H,6,8,14H2,1-2H3/t18-,26?/m1/s1. The Labute approximate surface area is 201 Å². The lowest BCUT2D eigenvalue weighted by molar-refractivity contribution is -0.0772. The molecule has 0 bridgehead atoms. The van der Waals surface area contributed by atoms with Gasteiger partial charge in [-0.2, -0.15) is 5.26 Å². The van der Waals surface area contributed by atoms with Gasteiger partial charge >= 0.3 is 0 Å². The Hall–Kier alpha value is -4.00. The third kappa shape index (κ3) is 4.18. The van der Waals surface area contributed by atoms with Gasteiger partial charge in [0, 0.05) is 49.8 Å². The zero-order chi connectivity index (χ0) is 24.5. The highest BCUT2D eigenvalue weighted by Gasteiger charge is 2.24. The summed E-state index contributed by atoms with van der Waals surface area (Å²) < 4.78 is 30.3. The van der Waals surface area contributed by atoms with Crippen LogP contribution in [0.4, 0.5) is 10.1 Å². The van der Waals surface area contributed by atoms with E-state index in [-0.39, 0.29) is 0 Å². The number of ether oxygens (including phenoxy) is 2. The van der Waals surface area contributed by atoms with Crippen LogP contribution in [-0.2, 0) is 4.74 Å². The number of halogens is 1. The molecule has 1 aliphatic rings. The fourth-order valence-corrected chi connectivity index (χ4v) is 4.36. The fourth-order valence-electron chi connectivity index (χ4n) is 4.36. The van der Waals surface area contributed by atoms with Crippen molar-refractivity contribution in [3.63, 3.8) is 0 Å². The highest BCUT2D eigenvalue weighted by molar-refractivity contribution is 5.93. The van der Waals surface area contributed by atoms with Gasteiger partial charge in [0.1, 0.15) is 29.2 Å². The number of pyridine rings is 2. The van der Waals surface area contributed by atoms with Crippen molar-refractivity contribution in [1.82, 2.24) is 9.97 Å². The van der Waals surface area contributed by atoms with Crippen molar-refractivity contribution in [3.05, 3.63) is 59.9 Å². The van der Waals surface area contributed by atoms with Gasteiger partial charge in [0.15, 0.2) is 17.6 Å². The van der Waals surface area contributed by atoms with Gasteiger partial charge in [-0.05, 0) is 36.2 Å². The van der Waals surface area contributed by atoms with Crippen molar-refractivity contribution in [2.24, 2.45) is 0 Å². The van der Waals surface area contributed by atoms with Crippen LogP contribution < -0.4 is 9.64 Å². The lowest BCUT2D eigenvalue weighted by Crippen LogP contribution is -2.20. The Bertz CT molecular complexity index is 1430. The number of hydrogen-bond acceptors (Lipinski definition) is 8. The van der Waals surface area contributed by atoms with E-state index in [1.807, 2.05) is 23.1 Å². The van der Waals surface area contributed by atoms with E-state index in [0.29, 0.717) is 58.9 Å². The van der Waals surface area contributed by atoms with Crippen LogP contribution in [0.3, 0.4) is 0 Å². The van der Waals surface area contributed by atoms with E-state index in [0.717, 1.165) is 16.8 Å². The van der Waals surface area contributed by atoms with Crippen molar-refractivity contribution >= 4 is 16.8 Å². The lowest BCUT2D eigenvalue weighted by atomic mass is 10.0. The first-order valence-electron chi connectivity index (χ1n) is 11.1. The van der Waals surface area contributed by atoms with Crippen LogP contribution in [0.5, 0.6) is 5.75 Å². The van der Waals surface area contributed by atoms with Crippen molar-refractivity contribution in [1.29, 1.82) is 5.26 Å². The Balaban J connectivity index is 1.56. The van der Waals surface area contributed by atoms with Crippen molar-refractivity contribution < 1.29 is 23.4 Å². The second kappa shape index (κ2) is 9.33. The second-order valence-corrected chi connectivity index (χ2v) is 8.27. The molecule has 0 aliphatic carbocycles. The van der Waals surface area contributed by atoms with E-state index in [1.54, 1.807) is 24.4 Å². The number of aliphatic hydroxyl groups excluding tert-OH is 1. The first-order chi connectivity index (χ1) is 17.0. The van der Waals surface area contributed by atoms with Gasteiger partial charge in [0.25, 0.3) is 0 Å². The molecule has 0 saturated carbocycles.